The zero-order valence-electron chi connectivity index (χ0n) is 10.7. The monoisotopic (exact) mass is 226 g/mol. The molecule has 0 aromatic heterocycles. The van der Waals surface area contributed by atoms with E-state index < -0.39 is 0 Å². The van der Waals surface area contributed by atoms with Crippen molar-refractivity contribution in [2.24, 2.45) is 0 Å². The van der Waals surface area contributed by atoms with Crippen LogP contribution in [0.15, 0.2) is 30.3 Å². The second kappa shape index (κ2) is 4.70. The molecule has 0 saturated carbocycles. The fourth-order valence-electron chi connectivity index (χ4n) is 2.27. The molecule has 0 bridgehead atoms. The normalized spacial score (nSPS) is 10.8. The van der Waals surface area contributed by atoms with Crippen LogP contribution in [-0.2, 0) is 12.8 Å². The minimum Gasteiger partial charge on any atom is -0.295 e. The number of rotatable bonds is 3. The van der Waals surface area contributed by atoms with Crippen molar-refractivity contribution in [2.45, 2.75) is 33.6 Å². The molecular weight excluding hydrogens is 208 g/mol. The van der Waals surface area contributed by atoms with Gasteiger partial charge in [0.05, 0.1) is 0 Å². The quantitative estimate of drug-likeness (QED) is 0.718. The molecule has 2 rings (SSSR count). The maximum Gasteiger partial charge on any atom is 0.159 e. The van der Waals surface area contributed by atoms with Crippen LogP contribution in [0, 0.1) is 0 Å². The third-order valence-electron chi connectivity index (χ3n) is 3.33. The lowest BCUT2D eigenvalue weighted by Gasteiger charge is -2.09. The van der Waals surface area contributed by atoms with Crippen LogP contribution in [0.25, 0.3) is 10.8 Å². The van der Waals surface area contributed by atoms with Gasteiger partial charge in [-0.3, -0.25) is 4.79 Å². The number of benzene rings is 2. The molecule has 0 heterocycles. The van der Waals surface area contributed by atoms with Gasteiger partial charge < -0.3 is 0 Å². The van der Waals surface area contributed by atoms with Gasteiger partial charge in [0.15, 0.2) is 5.78 Å². The highest BCUT2D eigenvalue weighted by atomic mass is 16.1. The summed E-state index contributed by atoms with van der Waals surface area (Å²) >= 11 is 0. The Morgan fingerprint density at radius 2 is 1.53 bits per heavy atom. The van der Waals surface area contributed by atoms with E-state index in [2.05, 4.69) is 26.0 Å². The van der Waals surface area contributed by atoms with Crippen molar-refractivity contribution in [2.75, 3.05) is 0 Å². The molecule has 0 radical (unpaired) electrons. The molecule has 0 aliphatic rings. The van der Waals surface area contributed by atoms with Crippen LogP contribution in [0.1, 0.15) is 42.3 Å². The maximum absolute atomic E-state index is 11.4. The van der Waals surface area contributed by atoms with E-state index in [1.807, 2.05) is 18.2 Å². The van der Waals surface area contributed by atoms with Crippen molar-refractivity contribution in [3.05, 3.63) is 47.0 Å². The van der Waals surface area contributed by atoms with Gasteiger partial charge in [0.25, 0.3) is 0 Å². The zero-order chi connectivity index (χ0) is 12.4. The van der Waals surface area contributed by atoms with Gasteiger partial charge in [0.2, 0.25) is 0 Å². The van der Waals surface area contributed by atoms with Gasteiger partial charge in [-0.1, -0.05) is 38.1 Å². The van der Waals surface area contributed by atoms with E-state index >= 15 is 0 Å². The summed E-state index contributed by atoms with van der Waals surface area (Å²) < 4.78 is 0. The first-order valence-electron chi connectivity index (χ1n) is 6.22. The number of ketones is 1. The Bertz CT molecular complexity index is 567. The molecule has 0 atom stereocenters. The average molecular weight is 226 g/mol. The number of carbonyl (C=O) groups is 1. The van der Waals surface area contributed by atoms with E-state index in [9.17, 15) is 4.79 Å². The molecule has 88 valence electrons. The molecule has 0 spiro atoms. The maximum atomic E-state index is 11.4. The van der Waals surface area contributed by atoms with E-state index in [0.29, 0.717) is 0 Å². The Kier molecular flexibility index (Phi) is 3.28. The third-order valence-corrected chi connectivity index (χ3v) is 3.33. The van der Waals surface area contributed by atoms with Crippen molar-refractivity contribution < 1.29 is 4.79 Å². The first-order chi connectivity index (χ1) is 8.15. The Morgan fingerprint density at radius 1 is 0.941 bits per heavy atom. The molecule has 2 aromatic carbocycles. The summed E-state index contributed by atoms with van der Waals surface area (Å²) in [5.74, 6) is 0.129. The highest BCUT2D eigenvalue weighted by molar-refractivity contribution is 5.98. The number of carbonyl (C=O) groups excluding carboxylic acids is 1. The van der Waals surface area contributed by atoms with Gasteiger partial charge >= 0.3 is 0 Å². The summed E-state index contributed by atoms with van der Waals surface area (Å²) in [4.78, 5) is 11.4. The van der Waals surface area contributed by atoms with Gasteiger partial charge in [0, 0.05) is 5.56 Å². The summed E-state index contributed by atoms with van der Waals surface area (Å²) in [6.07, 6.45) is 2.11. The fraction of sp³-hybridized carbons (Fsp3) is 0.312. The van der Waals surface area contributed by atoms with Gasteiger partial charge in [-0.25, -0.2) is 0 Å². The summed E-state index contributed by atoms with van der Waals surface area (Å²) in [6.45, 7) is 5.97. The summed E-state index contributed by atoms with van der Waals surface area (Å²) in [6, 6.07) is 10.4. The lowest BCUT2D eigenvalue weighted by Crippen LogP contribution is -1.94. The highest BCUT2D eigenvalue weighted by Gasteiger charge is 2.05. The number of fused-ring (bicyclic) bond motifs is 1. The van der Waals surface area contributed by atoms with Crippen LogP contribution in [-0.4, -0.2) is 5.78 Å². The molecule has 1 heteroatoms. The predicted molar refractivity (Wildman–Crippen MR) is 72.7 cm³/mol. The molecule has 0 fully saturated rings. The van der Waals surface area contributed by atoms with Crippen molar-refractivity contribution in [3.8, 4) is 0 Å². The summed E-state index contributed by atoms with van der Waals surface area (Å²) in [7, 11) is 0. The van der Waals surface area contributed by atoms with E-state index in [0.717, 1.165) is 18.4 Å². The largest absolute Gasteiger partial charge is 0.295 e. The second-order valence-electron chi connectivity index (χ2n) is 4.45. The van der Waals surface area contributed by atoms with E-state index in [4.69, 9.17) is 0 Å². The second-order valence-corrected chi connectivity index (χ2v) is 4.45. The minimum absolute atomic E-state index is 0.129. The van der Waals surface area contributed by atoms with Crippen LogP contribution in [0.4, 0.5) is 0 Å². The zero-order valence-corrected chi connectivity index (χ0v) is 10.7. The van der Waals surface area contributed by atoms with Crippen LogP contribution in [0.5, 0.6) is 0 Å². The molecular formula is C16H18O. The highest BCUT2D eigenvalue weighted by Crippen LogP contribution is 2.22. The Labute approximate surface area is 102 Å². The van der Waals surface area contributed by atoms with Crippen LogP contribution in [0.3, 0.4) is 0 Å². The topological polar surface area (TPSA) is 17.1 Å². The van der Waals surface area contributed by atoms with E-state index in [1.165, 1.54) is 21.9 Å². The number of hydrogen-bond acceptors (Lipinski definition) is 1. The van der Waals surface area contributed by atoms with Gasteiger partial charge in [-0.2, -0.15) is 0 Å². The van der Waals surface area contributed by atoms with Crippen LogP contribution < -0.4 is 0 Å². The summed E-state index contributed by atoms with van der Waals surface area (Å²) in [5, 5.41) is 2.40. The molecule has 0 saturated heterocycles. The molecule has 0 N–H and O–H groups in total. The van der Waals surface area contributed by atoms with Crippen molar-refractivity contribution in [3.63, 3.8) is 0 Å². The van der Waals surface area contributed by atoms with E-state index in [-0.39, 0.29) is 5.78 Å². The predicted octanol–water partition coefficient (Wildman–Crippen LogP) is 4.17. The Morgan fingerprint density at radius 3 is 2.06 bits per heavy atom. The SMILES string of the molecule is CCc1cc2ccc(C(C)=O)cc2cc1CC. The minimum atomic E-state index is 0.129. The Balaban J connectivity index is 2.66. The number of hydrogen-bond donors (Lipinski definition) is 0. The average Bonchev–Trinajstić information content (AvgIpc) is 2.36. The standard InChI is InChI=1S/C16H18O/c1-4-12-8-15-7-6-14(11(3)17)10-16(15)9-13(12)5-2/h6-10H,4-5H2,1-3H3. The van der Waals surface area contributed by atoms with Gasteiger partial charge in [-0.15, -0.1) is 0 Å². The lowest BCUT2D eigenvalue weighted by atomic mass is 9.96. The fourth-order valence-corrected chi connectivity index (χ4v) is 2.27. The molecule has 0 amide bonds. The first kappa shape index (κ1) is 11.8. The van der Waals surface area contributed by atoms with Crippen LogP contribution in [0.2, 0.25) is 0 Å². The van der Waals surface area contributed by atoms with Crippen LogP contribution >= 0.6 is 0 Å². The molecule has 17 heavy (non-hydrogen) atoms. The van der Waals surface area contributed by atoms with Crippen molar-refractivity contribution >= 4 is 16.6 Å². The van der Waals surface area contributed by atoms with Gasteiger partial charge in [-0.05, 0) is 47.7 Å². The Hall–Kier alpha value is -1.63. The molecule has 0 aliphatic heterocycles. The number of Topliss-reactive ketones (excluding diaryl/α,β-unsaturated/α-hetero) is 1. The molecule has 1 nitrogen and oxygen atoms in total. The summed E-state index contributed by atoms with van der Waals surface area (Å²) in [5.41, 5.74) is 3.60. The van der Waals surface area contributed by atoms with E-state index in [1.54, 1.807) is 6.92 Å². The third kappa shape index (κ3) is 2.23. The van der Waals surface area contributed by atoms with Crippen molar-refractivity contribution in [1.82, 2.24) is 0 Å². The number of aryl methyl sites for hydroxylation is 2. The molecule has 0 unspecified atom stereocenters. The lowest BCUT2D eigenvalue weighted by molar-refractivity contribution is 0.101. The molecule has 0 aliphatic carbocycles. The van der Waals surface area contributed by atoms with Crippen molar-refractivity contribution in [1.29, 1.82) is 0 Å². The molecule has 2 aromatic rings. The smallest absolute Gasteiger partial charge is 0.159 e. The first-order valence-corrected chi connectivity index (χ1v) is 6.22. The van der Waals surface area contributed by atoms with Gasteiger partial charge in [0.1, 0.15) is 0 Å².